The summed E-state index contributed by atoms with van der Waals surface area (Å²) in [5.74, 6) is -1.39. The monoisotopic (exact) mass is 377 g/mol. The average molecular weight is 378 g/mol. The summed E-state index contributed by atoms with van der Waals surface area (Å²) in [6.07, 6.45) is 4.75. The van der Waals surface area contributed by atoms with Crippen LogP contribution in [-0.4, -0.2) is 51.5 Å². The number of piperidine rings is 1. The molecule has 3 aliphatic rings. The molecule has 5 atom stereocenters. The van der Waals surface area contributed by atoms with Crippen molar-refractivity contribution < 1.29 is 24.6 Å². The fourth-order valence-corrected chi connectivity index (χ4v) is 4.61. The number of ketones is 1. The predicted octanol–water partition coefficient (Wildman–Crippen LogP) is 2.57. The molecule has 0 amide bonds. The van der Waals surface area contributed by atoms with E-state index < -0.39 is 11.9 Å². The van der Waals surface area contributed by atoms with E-state index in [4.69, 9.17) is 21.8 Å². The number of rotatable bonds is 3. The van der Waals surface area contributed by atoms with Gasteiger partial charge in [-0.3, -0.25) is 9.69 Å². The van der Waals surface area contributed by atoms with E-state index in [2.05, 4.69) is 17.0 Å². The molecule has 0 radical (unpaired) electrons. The number of nitrogens with zero attached hydrogens (tertiary/aromatic N) is 1. The van der Waals surface area contributed by atoms with Gasteiger partial charge in [-0.25, -0.2) is 9.59 Å². The lowest BCUT2D eigenvalue weighted by molar-refractivity contribution is -0.134. The van der Waals surface area contributed by atoms with Gasteiger partial charge in [0.15, 0.2) is 5.78 Å². The Morgan fingerprint density at radius 1 is 1.08 bits per heavy atom. The summed E-state index contributed by atoms with van der Waals surface area (Å²) in [5, 5.41) is 16.4. The highest BCUT2D eigenvalue weighted by atomic mass is 35.5. The Bertz CT molecular complexity index is 729. The maximum atomic E-state index is 12.2. The summed E-state index contributed by atoms with van der Waals surface area (Å²) >= 11 is 5.95. The molecule has 1 unspecified atom stereocenters. The number of carboxylic acid groups (broad SMARTS) is 2. The van der Waals surface area contributed by atoms with Crippen LogP contribution in [0.5, 0.6) is 0 Å². The molecule has 3 heterocycles. The van der Waals surface area contributed by atoms with Crippen molar-refractivity contribution in [1.82, 2.24) is 4.90 Å². The standard InChI is InChI=1S/C15H16ClNO.C4H4O4/c16-10-3-1-9(2-4-10)12-7-11-5-6-13-15(12)14(18)8-17(11)13;5-3(6)1-2-4(7)8/h1-4,11-13,15H,5-8H2;1-2H,(H,5,6)(H,7,8)/b;2-1+/t11-,12+,13+,15-;/m0./s1. The fraction of sp³-hybridized carbons (Fsp3) is 0.421. The third-order valence-electron chi connectivity index (χ3n) is 5.44. The lowest BCUT2D eigenvalue weighted by Crippen LogP contribution is -2.40. The van der Waals surface area contributed by atoms with Gasteiger partial charge < -0.3 is 10.2 Å². The zero-order valence-electron chi connectivity index (χ0n) is 14.0. The van der Waals surface area contributed by atoms with Crippen LogP contribution in [0.2, 0.25) is 5.02 Å². The first-order valence-electron chi connectivity index (χ1n) is 8.54. The maximum absolute atomic E-state index is 12.2. The molecular weight excluding hydrogens is 358 g/mol. The maximum Gasteiger partial charge on any atom is 0.328 e. The summed E-state index contributed by atoms with van der Waals surface area (Å²) in [6.45, 7) is 0.699. The van der Waals surface area contributed by atoms with E-state index >= 15 is 0 Å². The fourth-order valence-electron chi connectivity index (χ4n) is 4.48. The Morgan fingerprint density at radius 3 is 2.27 bits per heavy atom. The number of carbonyl (C=O) groups excluding carboxylic acids is 1. The number of Topliss-reactive ketones (excluding diaryl/α,β-unsaturated/α-hetero) is 1. The van der Waals surface area contributed by atoms with Crippen molar-refractivity contribution in [3.05, 3.63) is 47.0 Å². The van der Waals surface area contributed by atoms with E-state index in [1.807, 2.05) is 12.1 Å². The van der Waals surface area contributed by atoms with E-state index in [0.717, 1.165) is 11.4 Å². The highest BCUT2D eigenvalue weighted by Gasteiger charge is 2.55. The van der Waals surface area contributed by atoms with Crippen LogP contribution in [0.1, 0.15) is 30.7 Å². The second-order valence-electron chi connectivity index (χ2n) is 6.87. The van der Waals surface area contributed by atoms with E-state index in [1.165, 1.54) is 18.4 Å². The smallest absolute Gasteiger partial charge is 0.328 e. The van der Waals surface area contributed by atoms with Crippen molar-refractivity contribution in [1.29, 1.82) is 0 Å². The molecule has 0 aromatic heterocycles. The first-order chi connectivity index (χ1) is 12.4. The van der Waals surface area contributed by atoms with Crippen molar-refractivity contribution in [2.75, 3.05) is 6.54 Å². The Kier molecular flexibility index (Phi) is 5.44. The third kappa shape index (κ3) is 3.81. The zero-order chi connectivity index (χ0) is 18.8. The minimum Gasteiger partial charge on any atom is -0.478 e. The molecule has 138 valence electrons. The van der Waals surface area contributed by atoms with Crippen LogP contribution in [0.25, 0.3) is 0 Å². The topological polar surface area (TPSA) is 94.9 Å². The molecule has 6 nitrogen and oxygen atoms in total. The SMILES string of the molecule is O=C(O)/C=C/C(=O)O.O=C1CN2[C@H]3CC[C@@H]2[C@@H]1[C@@H](c1ccc(Cl)cc1)C3. The molecule has 3 aliphatic heterocycles. The van der Waals surface area contributed by atoms with Crippen LogP contribution in [-0.2, 0) is 14.4 Å². The Morgan fingerprint density at radius 2 is 1.69 bits per heavy atom. The summed E-state index contributed by atoms with van der Waals surface area (Å²) in [7, 11) is 0. The van der Waals surface area contributed by atoms with Crippen molar-refractivity contribution in [3.8, 4) is 0 Å². The van der Waals surface area contributed by atoms with Crippen LogP contribution >= 0.6 is 11.6 Å². The van der Waals surface area contributed by atoms with Crippen LogP contribution in [0, 0.1) is 5.92 Å². The van der Waals surface area contributed by atoms with Gasteiger partial charge in [0, 0.05) is 35.2 Å². The van der Waals surface area contributed by atoms with Crippen LogP contribution in [0.3, 0.4) is 0 Å². The van der Waals surface area contributed by atoms with Crippen molar-refractivity contribution in [3.63, 3.8) is 0 Å². The minimum absolute atomic E-state index is 0.241. The number of aliphatic carboxylic acids is 2. The predicted molar refractivity (Wildman–Crippen MR) is 95.2 cm³/mol. The van der Waals surface area contributed by atoms with Crippen LogP contribution in [0.4, 0.5) is 0 Å². The van der Waals surface area contributed by atoms with Gasteiger partial charge in [0.25, 0.3) is 0 Å². The third-order valence-corrected chi connectivity index (χ3v) is 5.69. The first kappa shape index (κ1) is 18.6. The number of benzene rings is 1. The van der Waals surface area contributed by atoms with Crippen LogP contribution < -0.4 is 0 Å². The van der Waals surface area contributed by atoms with Gasteiger partial charge in [0.05, 0.1) is 6.54 Å². The second kappa shape index (κ2) is 7.60. The molecule has 0 aliphatic carbocycles. The normalized spacial score (nSPS) is 31.6. The Labute approximate surface area is 156 Å². The summed E-state index contributed by atoms with van der Waals surface area (Å²) in [6, 6.07) is 9.27. The molecule has 2 N–H and O–H groups in total. The largest absolute Gasteiger partial charge is 0.478 e. The highest BCUT2D eigenvalue weighted by molar-refractivity contribution is 6.30. The molecular formula is C19H20ClNO5. The minimum atomic E-state index is -1.26. The molecule has 4 rings (SSSR count). The van der Waals surface area contributed by atoms with E-state index in [0.29, 0.717) is 42.5 Å². The Balaban J connectivity index is 0.000000211. The number of hydrogen-bond acceptors (Lipinski definition) is 4. The molecule has 7 heteroatoms. The molecule has 3 fully saturated rings. The number of carboxylic acids is 2. The average Bonchev–Trinajstić information content (AvgIpc) is 2.98. The van der Waals surface area contributed by atoms with Gasteiger partial charge in [-0.05, 0) is 42.9 Å². The number of carbonyl (C=O) groups is 3. The Hall–Kier alpha value is -2.18. The summed E-state index contributed by atoms with van der Waals surface area (Å²) in [4.78, 5) is 33.8. The molecule has 26 heavy (non-hydrogen) atoms. The summed E-state index contributed by atoms with van der Waals surface area (Å²) in [5.41, 5.74) is 1.30. The van der Waals surface area contributed by atoms with Gasteiger partial charge in [-0.2, -0.15) is 0 Å². The number of halogens is 1. The van der Waals surface area contributed by atoms with Gasteiger partial charge in [0.2, 0.25) is 0 Å². The van der Waals surface area contributed by atoms with Crippen LogP contribution in [0.15, 0.2) is 36.4 Å². The van der Waals surface area contributed by atoms with E-state index in [1.54, 1.807) is 0 Å². The quantitative estimate of drug-likeness (QED) is 0.786. The highest BCUT2D eigenvalue weighted by Crippen LogP contribution is 2.50. The lowest BCUT2D eigenvalue weighted by atomic mass is 9.77. The second-order valence-corrected chi connectivity index (χ2v) is 7.30. The molecule has 1 aromatic carbocycles. The van der Waals surface area contributed by atoms with Gasteiger partial charge in [-0.1, -0.05) is 23.7 Å². The van der Waals surface area contributed by atoms with Gasteiger partial charge >= 0.3 is 11.9 Å². The molecule has 0 saturated carbocycles. The lowest BCUT2D eigenvalue weighted by Gasteiger charge is -2.36. The first-order valence-corrected chi connectivity index (χ1v) is 8.92. The van der Waals surface area contributed by atoms with Gasteiger partial charge in [-0.15, -0.1) is 0 Å². The summed E-state index contributed by atoms with van der Waals surface area (Å²) < 4.78 is 0. The van der Waals surface area contributed by atoms with Gasteiger partial charge in [0.1, 0.15) is 0 Å². The zero-order valence-corrected chi connectivity index (χ0v) is 14.8. The molecule has 4 bridgehead atoms. The number of hydrogen-bond donors (Lipinski definition) is 2. The molecule has 0 spiro atoms. The van der Waals surface area contributed by atoms with Crippen molar-refractivity contribution >= 4 is 29.3 Å². The molecule has 1 aromatic rings. The van der Waals surface area contributed by atoms with Crippen molar-refractivity contribution in [2.24, 2.45) is 5.92 Å². The van der Waals surface area contributed by atoms with Crippen molar-refractivity contribution in [2.45, 2.75) is 37.3 Å². The van der Waals surface area contributed by atoms with E-state index in [-0.39, 0.29) is 5.92 Å². The molecule has 3 saturated heterocycles. The van der Waals surface area contributed by atoms with E-state index in [9.17, 15) is 14.4 Å².